The lowest BCUT2D eigenvalue weighted by atomic mass is 10.1. The molecule has 1 rings (SSSR count). The summed E-state index contributed by atoms with van der Waals surface area (Å²) in [5.41, 5.74) is 0.676. The third-order valence-electron chi connectivity index (χ3n) is 3.42. The first-order chi connectivity index (χ1) is 12.4. The number of ether oxygens (including phenoxy) is 2. The molecule has 0 saturated heterocycles. The van der Waals surface area contributed by atoms with E-state index in [1.165, 1.54) is 0 Å². The largest absolute Gasteiger partial charge is 0.496 e. The highest BCUT2D eigenvalue weighted by atomic mass is 16.6. The van der Waals surface area contributed by atoms with Crippen molar-refractivity contribution in [3.63, 3.8) is 0 Å². The number of benzene rings is 1. The molecule has 1 aromatic rings. The monoisotopic (exact) mass is 364 g/mol. The molecule has 0 spiro atoms. The maximum atomic E-state index is 11.5. The van der Waals surface area contributed by atoms with Gasteiger partial charge < -0.3 is 25.4 Å². The SMILES string of the molecule is CN=C(NCCCNC(=O)OC(C)(C)C)NCCc1ccccc1OC. The van der Waals surface area contributed by atoms with Crippen LogP contribution in [0.3, 0.4) is 0 Å². The number of nitrogens with zero attached hydrogens (tertiary/aromatic N) is 1. The number of alkyl carbamates (subject to hydrolysis) is 1. The van der Waals surface area contributed by atoms with E-state index in [-0.39, 0.29) is 0 Å². The van der Waals surface area contributed by atoms with Gasteiger partial charge in [-0.3, -0.25) is 4.99 Å². The van der Waals surface area contributed by atoms with E-state index in [9.17, 15) is 4.79 Å². The third-order valence-corrected chi connectivity index (χ3v) is 3.42. The molecule has 1 amide bonds. The molecule has 0 unspecified atom stereocenters. The molecule has 1 aromatic carbocycles. The molecular formula is C19H32N4O3. The Balaban J connectivity index is 2.20. The Hall–Kier alpha value is -2.44. The van der Waals surface area contributed by atoms with E-state index in [1.54, 1.807) is 14.2 Å². The van der Waals surface area contributed by atoms with Gasteiger partial charge in [0.1, 0.15) is 11.4 Å². The Morgan fingerprint density at radius 2 is 1.73 bits per heavy atom. The van der Waals surface area contributed by atoms with Crippen LogP contribution < -0.4 is 20.7 Å². The van der Waals surface area contributed by atoms with Crippen molar-refractivity contribution in [3.05, 3.63) is 29.8 Å². The number of methoxy groups -OCH3 is 1. The minimum absolute atomic E-state index is 0.392. The highest BCUT2D eigenvalue weighted by molar-refractivity contribution is 5.79. The maximum absolute atomic E-state index is 11.5. The number of aliphatic imine (C=N–C) groups is 1. The molecule has 3 N–H and O–H groups in total. The average molecular weight is 364 g/mol. The number of amides is 1. The van der Waals surface area contributed by atoms with Crippen LogP contribution in [0, 0.1) is 0 Å². The molecule has 0 bridgehead atoms. The van der Waals surface area contributed by atoms with Gasteiger partial charge in [0.25, 0.3) is 0 Å². The van der Waals surface area contributed by atoms with Crippen molar-refractivity contribution in [1.82, 2.24) is 16.0 Å². The first-order valence-corrected chi connectivity index (χ1v) is 8.89. The summed E-state index contributed by atoms with van der Waals surface area (Å²) < 4.78 is 10.5. The van der Waals surface area contributed by atoms with Gasteiger partial charge in [-0.2, -0.15) is 0 Å². The molecule has 0 heterocycles. The summed E-state index contributed by atoms with van der Waals surface area (Å²) in [6.07, 6.45) is 1.22. The molecule has 0 aliphatic carbocycles. The predicted octanol–water partition coefficient (Wildman–Crippen LogP) is 2.32. The van der Waals surface area contributed by atoms with E-state index in [0.29, 0.717) is 13.1 Å². The number of nitrogens with one attached hydrogen (secondary N) is 3. The highest BCUT2D eigenvalue weighted by Gasteiger charge is 2.15. The molecule has 0 radical (unpaired) electrons. The molecule has 0 atom stereocenters. The Morgan fingerprint density at radius 1 is 1.08 bits per heavy atom. The lowest BCUT2D eigenvalue weighted by molar-refractivity contribution is 0.0527. The number of carbonyl (C=O) groups is 1. The second-order valence-corrected chi connectivity index (χ2v) is 6.77. The standard InChI is InChI=1S/C19H32N4O3/c1-19(2,3)26-18(24)23-13-8-12-21-17(20-4)22-14-11-15-9-6-7-10-16(15)25-5/h6-7,9-10H,8,11-14H2,1-5H3,(H,23,24)(H2,20,21,22). The molecule has 0 aromatic heterocycles. The highest BCUT2D eigenvalue weighted by Crippen LogP contribution is 2.17. The van der Waals surface area contributed by atoms with Crippen LogP contribution in [-0.4, -0.2) is 51.4 Å². The molecule has 0 aliphatic rings. The Morgan fingerprint density at radius 3 is 2.38 bits per heavy atom. The van der Waals surface area contributed by atoms with Gasteiger partial charge in [-0.1, -0.05) is 18.2 Å². The number of carbonyl (C=O) groups excluding carboxylic acids is 1. The Labute approximate surface area is 156 Å². The van der Waals surface area contributed by atoms with Crippen LogP contribution in [0.25, 0.3) is 0 Å². The molecule has 146 valence electrons. The number of guanidine groups is 1. The van der Waals surface area contributed by atoms with E-state index in [4.69, 9.17) is 9.47 Å². The average Bonchev–Trinajstić information content (AvgIpc) is 2.58. The van der Waals surface area contributed by atoms with Crippen LogP contribution in [0.1, 0.15) is 32.8 Å². The number of rotatable bonds is 8. The van der Waals surface area contributed by atoms with Gasteiger partial charge in [0.05, 0.1) is 7.11 Å². The lowest BCUT2D eigenvalue weighted by Gasteiger charge is -2.19. The van der Waals surface area contributed by atoms with E-state index >= 15 is 0 Å². The molecule has 26 heavy (non-hydrogen) atoms. The number of hydrogen-bond donors (Lipinski definition) is 3. The summed E-state index contributed by atoms with van der Waals surface area (Å²) in [6.45, 7) is 7.51. The number of hydrogen-bond acceptors (Lipinski definition) is 4. The van der Waals surface area contributed by atoms with Crippen LogP contribution in [0.15, 0.2) is 29.3 Å². The quantitative estimate of drug-likeness (QED) is 0.375. The summed E-state index contributed by atoms with van der Waals surface area (Å²) in [5, 5.41) is 9.23. The third kappa shape index (κ3) is 9.15. The summed E-state index contributed by atoms with van der Waals surface area (Å²) in [6, 6.07) is 7.98. The summed E-state index contributed by atoms with van der Waals surface area (Å²) >= 11 is 0. The first-order valence-electron chi connectivity index (χ1n) is 8.89. The van der Waals surface area contributed by atoms with Crippen molar-refractivity contribution in [1.29, 1.82) is 0 Å². The van der Waals surface area contributed by atoms with Crippen LogP contribution in [0.2, 0.25) is 0 Å². The normalized spacial score (nSPS) is 11.7. The van der Waals surface area contributed by atoms with Gasteiger partial charge in [0.15, 0.2) is 5.96 Å². The first kappa shape index (κ1) is 21.6. The molecule has 7 nitrogen and oxygen atoms in total. The zero-order valence-electron chi connectivity index (χ0n) is 16.5. The molecule has 7 heteroatoms. The zero-order valence-corrected chi connectivity index (χ0v) is 16.5. The van der Waals surface area contributed by atoms with Gasteiger partial charge in [-0.05, 0) is 45.2 Å². The fourth-order valence-electron chi connectivity index (χ4n) is 2.25. The summed E-state index contributed by atoms with van der Waals surface area (Å²) in [4.78, 5) is 15.7. The minimum atomic E-state index is -0.476. The lowest BCUT2D eigenvalue weighted by Crippen LogP contribution is -2.40. The fraction of sp³-hybridized carbons (Fsp3) is 0.579. The van der Waals surface area contributed by atoms with Crippen molar-refractivity contribution in [2.45, 2.75) is 39.2 Å². The topological polar surface area (TPSA) is 84.0 Å². The van der Waals surface area contributed by atoms with Crippen molar-refractivity contribution >= 4 is 12.1 Å². The number of para-hydroxylation sites is 1. The smallest absolute Gasteiger partial charge is 0.407 e. The van der Waals surface area contributed by atoms with E-state index < -0.39 is 11.7 Å². The van der Waals surface area contributed by atoms with Gasteiger partial charge in [-0.25, -0.2) is 4.79 Å². The summed E-state index contributed by atoms with van der Waals surface area (Å²) in [7, 11) is 3.41. The molecule has 0 aliphatic heterocycles. The van der Waals surface area contributed by atoms with Crippen molar-refractivity contribution < 1.29 is 14.3 Å². The van der Waals surface area contributed by atoms with Gasteiger partial charge >= 0.3 is 6.09 Å². The van der Waals surface area contributed by atoms with E-state index in [1.807, 2.05) is 39.0 Å². The minimum Gasteiger partial charge on any atom is -0.496 e. The second kappa shape index (κ2) is 11.2. The van der Waals surface area contributed by atoms with Crippen LogP contribution >= 0.6 is 0 Å². The van der Waals surface area contributed by atoms with Crippen molar-refractivity contribution in [3.8, 4) is 5.75 Å². The Kier molecular flexibility index (Phi) is 9.33. The van der Waals surface area contributed by atoms with Gasteiger partial charge in [0.2, 0.25) is 0 Å². The van der Waals surface area contributed by atoms with E-state index in [2.05, 4.69) is 27.0 Å². The molecule has 0 fully saturated rings. The second-order valence-electron chi connectivity index (χ2n) is 6.77. The van der Waals surface area contributed by atoms with Crippen molar-refractivity contribution in [2.75, 3.05) is 33.8 Å². The molecule has 0 saturated carbocycles. The fourth-order valence-corrected chi connectivity index (χ4v) is 2.25. The predicted molar refractivity (Wildman–Crippen MR) is 105 cm³/mol. The van der Waals surface area contributed by atoms with Crippen LogP contribution in [-0.2, 0) is 11.2 Å². The van der Waals surface area contributed by atoms with Crippen LogP contribution in [0.4, 0.5) is 4.79 Å². The molecular weight excluding hydrogens is 332 g/mol. The Bertz CT molecular complexity index is 582. The van der Waals surface area contributed by atoms with Crippen molar-refractivity contribution in [2.24, 2.45) is 4.99 Å². The zero-order chi connectivity index (χ0) is 19.4. The van der Waals surface area contributed by atoms with Gasteiger partial charge in [-0.15, -0.1) is 0 Å². The van der Waals surface area contributed by atoms with Crippen LogP contribution in [0.5, 0.6) is 5.75 Å². The van der Waals surface area contributed by atoms with Gasteiger partial charge in [0, 0.05) is 26.7 Å². The van der Waals surface area contributed by atoms with E-state index in [0.717, 1.165) is 36.7 Å². The maximum Gasteiger partial charge on any atom is 0.407 e. The summed E-state index contributed by atoms with van der Waals surface area (Å²) in [5.74, 6) is 1.63.